The Morgan fingerprint density at radius 2 is 1.56 bits per heavy atom. The van der Waals surface area contributed by atoms with Gasteiger partial charge in [0.1, 0.15) is 5.82 Å². The Morgan fingerprint density at radius 3 is 2.22 bits per heavy atom. The van der Waals surface area contributed by atoms with Crippen LogP contribution < -0.4 is 10.6 Å². The Kier molecular flexibility index (Phi) is 5.66. The summed E-state index contributed by atoms with van der Waals surface area (Å²) in [4.78, 5) is 24.7. The van der Waals surface area contributed by atoms with Gasteiger partial charge in [0.15, 0.2) is 0 Å². The second kappa shape index (κ2) is 8.31. The molecule has 0 aliphatic heterocycles. The minimum absolute atomic E-state index is 0.190. The van der Waals surface area contributed by atoms with E-state index in [4.69, 9.17) is 0 Å². The predicted molar refractivity (Wildman–Crippen MR) is 106 cm³/mol. The maximum atomic E-state index is 12.5. The molecule has 1 unspecified atom stereocenters. The van der Waals surface area contributed by atoms with Gasteiger partial charge in [-0.1, -0.05) is 25.1 Å². The van der Waals surface area contributed by atoms with Crippen LogP contribution in [-0.4, -0.2) is 21.6 Å². The number of carbonyl (C=O) groups is 2. The summed E-state index contributed by atoms with van der Waals surface area (Å²) in [6.45, 7) is 4.12. The molecule has 3 aromatic rings. The average Bonchev–Trinajstić information content (AvgIpc) is 3.16. The van der Waals surface area contributed by atoms with Gasteiger partial charge < -0.3 is 10.6 Å². The Morgan fingerprint density at radius 1 is 0.926 bits per heavy atom. The SMILES string of the molecule is CCC(C)n1nccc1NC(=O)c1ccc(NC(=O)c2ccccc2)cc1. The third kappa shape index (κ3) is 4.41. The lowest BCUT2D eigenvalue weighted by Crippen LogP contribution is -2.17. The van der Waals surface area contributed by atoms with E-state index in [9.17, 15) is 9.59 Å². The van der Waals surface area contributed by atoms with Crippen LogP contribution in [0.15, 0.2) is 66.9 Å². The van der Waals surface area contributed by atoms with Gasteiger partial charge in [0, 0.05) is 22.9 Å². The molecule has 2 amide bonds. The highest BCUT2D eigenvalue weighted by Gasteiger charge is 2.13. The first-order chi connectivity index (χ1) is 13.1. The number of carbonyl (C=O) groups excluding carboxylic acids is 2. The summed E-state index contributed by atoms with van der Waals surface area (Å²) in [5.41, 5.74) is 1.72. The van der Waals surface area contributed by atoms with Gasteiger partial charge in [-0.25, -0.2) is 4.68 Å². The molecule has 0 spiro atoms. The van der Waals surface area contributed by atoms with E-state index >= 15 is 0 Å². The monoisotopic (exact) mass is 362 g/mol. The molecule has 0 bridgehead atoms. The predicted octanol–water partition coefficient (Wildman–Crippen LogP) is 4.36. The molecule has 3 rings (SSSR count). The fraction of sp³-hybridized carbons (Fsp3) is 0.190. The summed E-state index contributed by atoms with van der Waals surface area (Å²) in [6.07, 6.45) is 2.59. The van der Waals surface area contributed by atoms with E-state index in [-0.39, 0.29) is 17.9 Å². The minimum atomic E-state index is -0.221. The molecular formula is C21H22N4O2. The molecule has 1 heterocycles. The highest BCUT2D eigenvalue weighted by molar-refractivity contribution is 6.06. The second-order valence-corrected chi connectivity index (χ2v) is 6.27. The summed E-state index contributed by atoms with van der Waals surface area (Å²) < 4.78 is 1.80. The molecular weight excluding hydrogens is 340 g/mol. The number of nitrogens with one attached hydrogen (secondary N) is 2. The third-order valence-electron chi connectivity index (χ3n) is 4.36. The van der Waals surface area contributed by atoms with Crippen LogP contribution in [0.3, 0.4) is 0 Å². The molecule has 0 fully saturated rings. The van der Waals surface area contributed by atoms with Gasteiger partial charge in [-0.15, -0.1) is 0 Å². The summed E-state index contributed by atoms with van der Waals surface area (Å²) in [5.74, 6) is 0.252. The van der Waals surface area contributed by atoms with Crippen LogP contribution in [-0.2, 0) is 0 Å². The molecule has 2 N–H and O–H groups in total. The van der Waals surface area contributed by atoms with Crippen LogP contribution in [0, 0.1) is 0 Å². The number of hydrogen-bond acceptors (Lipinski definition) is 3. The summed E-state index contributed by atoms with van der Waals surface area (Å²) >= 11 is 0. The molecule has 2 aromatic carbocycles. The lowest BCUT2D eigenvalue weighted by atomic mass is 10.1. The largest absolute Gasteiger partial charge is 0.322 e. The maximum Gasteiger partial charge on any atom is 0.256 e. The fourth-order valence-corrected chi connectivity index (χ4v) is 2.62. The van der Waals surface area contributed by atoms with Crippen molar-refractivity contribution >= 4 is 23.3 Å². The number of hydrogen-bond donors (Lipinski definition) is 2. The van der Waals surface area contributed by atoms with E-state index in [0.717, 1.165) is 6.42 Å². The molecule has 0 radical (unpaired) electrons. The molecule has 27 heavy (non-hydrogen) atoms. The van der Waals surface area contributed by atoms with E-state index in [1.54, 1.807) is 53.3 Å². The number of nitrogens with zero attached hydrogens (tertiary/aromatic N) is 2. The van der Waals surface area contributed by atoms with Crippen molar-refractivity contribution < 1.29 is 9.59 Å². The molecule has 6 nitrogen and oxygen atoms in total. The van der Waals surface area contributed by atoms with Gasteiger partial charge in [-0.2, -0.15) is 5.10 Å². The first kappa shape index (κ1) is 18.4. The van der Waals surface area contributed by atoms with Crippen molar-refractivity contribution in [3.63, 3.8) is 0 Å². The Hall–Kier alpha value is -3.41. The Balaban J connectivity index is 1.66. The van der Waals surface area contributed by atoms with Gasteiger partial charge in [0.05, 0.1) is 12.2 Å². The van der Waals surface area contributed by atoms with Crippen molar-refractivity contribution in [1.29, 1.82) is 0 Å². The number of rotatable bonds is 6. The molecule has 1 aromatic heterocycles. The van der Waals surface area contributed by atoms with Gasteiger partial charge in [-0.05, 0) is 49.7 Å². The number of anilines is 2. The zero-order valence-electron chi connectivity index (χ0n) is 15.3. The van der Waals surface area contributed by atoms with Crippen molar-refractivity contribution in [3.05, 3.63) is 78.0 Å². The van der Waals surface area contributed by atoms with Crippen molar-refractivity contribution in [1.82, 2.24) is 9.78 Å². The van der Waals surface area contributed by atoms with E-state index < -0.39 is 0 Å². The third-order valence-corrected chi connectivity index (χ3v) is 4.36. The van der Waals surface area contributed by atoms with E-state index in [0.29, 0.717) is 22.6 Å². The first-order valence-electron chi connectivity index (χ1n) is 8.90. The zero-order valence-corrected chi connectivity index (χ0v) is 15.3. The van der Waals surface area contributed by atoms with Crippen LogP contribution in [0.1, 0.15) is 47.0 Å². The van der Waals surface area contributed by atoms with Crippen LogP contribution in [0.5, 0.6) is 0 Å². The lowest BCUT2D eigenvalue weighted by Gasteiger charge is -2.14. The van der Waals surface area contributed by atoms with Crippen LogP contribution in [0.2, 0.25) is 0 Å². The number of amides is 2. The molecule has 0 aliphatic rings. The van der Waals surface area contributed by atoms with Crippen LogP contribution in [0.25, 0.3) is 0 Å². The van der Waals surface area contributed by atoms with E-state index in [1.165, 1.54) is 0 Å². The number of benzene rings is 2. The second-order valence-electron chi connectivity index (χ2n) is 6.27. The summed E-state index contributed by atoms with van der Waals surface area (Å²) in [7, 11) is 0. The van der Waals surface area contributed by atoms with Crippen LogP contribution in [0.4, 0.5) is 11.5 Å². The van der Waals surface area contributed by atoms with Crippen molar-refractivity contribution in [2.45, 2.75) is 26.3 Å². The summed E-state index contributed by atoms with van der Waals surface area (Å²) in [5, 5.41) is 9.96. The lowest BCUT2D eigenvalue weighted by molar-refractivity contribution is 0.101. The van der Waals surface area contributed by atoms with Crippen molar-refractivity contribution in [2.75, 3.05) is 10.6 Å². The minimum Gasteiger partial charge on any atom is -0.322 e. The molecule has 0 aliphatic carbocycles. The normalized spacial score (nSPS) is 11.6. The topological polar surface area (TPSA) is 76.0 Å². The molecule has 138 valence electrons. The van der Waals surface area contributed by atoms with E-state index in [2.05, 4.69) is 22.7 Å². The maximum absolute atomic E-state index is 12.5. The Labute approximate surface area is 158 Å². The van der Waals surface area contributed by atoms with Gasteiger partial charge >= 0.3 is 0 Å². The number of aromatic nitrogens is 2. The quantitative estimate of drug-likeness (QED) is 0.684. The zero-order chi connectivity index (χ0) is 19.2. The van der Waals surface area contributed by atoms with Crippen LogP contribution >= 0.6 is 0 Å². The van der Waals surface area contributed by atoms with Gasteiger partial charge in [-0.3, -0.25) is 9.59 Å². The first-order valence-corrected chi connectivity index (χ1v) is 8.90. The standard InChI is InChI=1S/C21H22N4O2/c1-3-15(2)25-19(13-14-22-25)24-21(27)17-9-11-18(12-10-17)23-20(26)16-7-5-4-6-8-16/h4-15H,3H2,1-2H3,(H,23,26)(H,24,27). The van der Waals surface area contributed by atoms with Crippen molar-refractivity contribution in [2.24, 2.45) is 0 Å². The molecule has 0 saturated carbocycles. The highest BCUT2D eigenvalue weighted by Crippen LogP contribution is 2.18. The summed E-state index contributed by atoms with van der Waals surface area (Å²) in [6, 6.07) is 17.7. The van der Waals surface area contributed by atoms with Crippen molar-refractivity contribution in [3.8, 4) is 0 Å². The van der Waals surface area contributed by atoms with Gasteiger partial charge in [0.25, 0.3) is 11.8 Å². The fourth-order valence-electron chi connectivity index (χ4n) is 2.62. The molecule has 1 atom stereocenters. The smallest absolute Gasteiger partial charge is 0.256 e. The highest BCUT2D eigenvalue weighted by atomic mass is 16.2. The van der Waals surface area contributed by atoms with Gasteiger partial charge in [0.2, 0.25) is 0 Å². The Bertz CT molecular complexity index is 917. The average molecular weight is 362 g/mol. The van der Waals surface area contributed by atoms with E-state index in [1.807, 2.05) is 25.1 Å². The molecule has 0 saturated heterocycles. The molecule has 6 heteroatoms.